The largest absolute Gasteiger partial charge is 0.490 e. The second-order valence-electron chi connectivity index (χ2n) is 5.65. The highest BCUT2D eigenvalue weighted by Crippen LogP contribution is 2.14. The highest BCUT2D eigenvalue weighted by molar-refractivity contribution is 7.89. The van der Waals surface area contributed by atoms with Crippen LogP contribution in [0.4, 0.5) is 0 Å². The van der Waals surface area contributed by atoms with Gasteiger partial charge < -0.3 is 14.8 Å². The summed E-state index contributed by atoms with van der Waals surface area (Å²) in [6.07, 6.45) is 1.51. The minimum atomic E-state index is -3.77. The van der Waals surface area contributed by atoms with Crippen molar-refractivity contribution >= 4 is 28.0 Å². The molecule has 0 atom stereocenters. The van der Waals surface area contributed by atoms with Crippen LogP contribution in [0.25, 0.3) is 6.08 Å². The van der Waals surface area contributed by atoms with Crippen molar-refractivity contribution in [3.63, 3.8) is 0 Å². The van der Waals surface area contributed by atoms with Crippen LogP contribution in [0, 0.1) is 0 Å². The maximum atomic E-state index is 12.2. The fraction of sp³-hybridized carbons (Fsp3) is 0.158. The first-order valence-electron chi connectivity index (χ1n) is 8.23. The van der Waals surface area contributed by atoms with Gasteiger partial charge in [0.1, 0.15) is 24.7 Å². The van der Waals surface area contributed by atoms with Gasteiger partial charge in [0.05, 0.1) is 4.90 Å². The second kappa shape index (κ2) is 9.67. The van der Waals surface area contributed by atoms with Crippen LogP contribution < -0.4 is 15.2 Å². The van der Waals surface area contributed by atoms with E-state index in [9.17, 15) is 18.0 Å². The van der Waals surface area contributed by atoms with E-state index >= 15 is 0 Å². The highest BCUT2D eigenvalue weighted by atomic mass is 32.2. The molecule has 0 aliphatic heterocycles. The number of esters is 1. The molecule has 0 fully saturated rings. The van der Waals surface area contributed by atoms with Crippen molar-refractivity contribution in [2.75, 3.05) is 13.2 Å². The van der Waals surface area contributed by atoms with Gasteiger partial charge in [0, 0.05) is 6.92 Å². The number of sulfonamides is 1. The van der Waals surface area contributed by atoms with E-state index in [4.69, 9.17) is 14.6 Å². The normalized spacial score (nSPS) is 11.6. The van der Waals surface area contributed by atoms with Crippen LogP contribution in [0.1, 0.15) is 12.5 Å². The maximum Gasteiger partial charge on any atom is 0.354 e. The van der Waals surface area contributed by atoms with Crippen LogP contribution in [-0.2, 0) is 24.3 Å². The van der Waals surface area contributed by atoms with Gasteiger partial charge in [0.2, 0.25) is 15.9 Å². The molecule has 148 valence electrons. The number of ether oxygens (including phenoxy) is 2. The Morgan fingerprint density at radius 1 is 1.04 bits per heavy atom. The zero-order chi connectivity index (χ0) is 20.6. The van der Waals surface area contributed by atoms with Gasteiger partial charge in [-0.2, -0.15) is 0 Å². The fourth-order valence-electron chi connectivity index (χ4n) is 2.15. The summed E-state index contributed by atoms with van der Waals surface area (Å²) in [5, 5.41) is 7.46. The summed E-state index contributed by atoms with van der Waals surface area (Å²) < 4.78 is 32.9. The summed E-state index contributed by atoms with van der Waals surface area (Å²) in [5.41, 5.74) is 0.741. The Bertz CT molecular complexity index is 954. The molecule has 0 spiro atoms. The number of primary sulfonamides is 1. The SMILES string of the molecule is CC(=O)N/C(=C\c1ccccc1)C(=O)OCCOc1ccc(S(N)(=O)=O)cc1. The first-order chi connectivity index (χ1) is 13.3. The number of nitrogens with two attached hydrogens (primary N) is 1. The molecule has 1 amide bonds. The molecule has 3 N–H and O–H groups in total. The second-order valence-corrected chi connectivity index (χ2v) is 7.21. The number of rotatable bonds is 8. The van der Waals surface area contributed by atoms with E-state index in [-0.39, 0.29) is 23.8 Å². The van der Waals surface area contributed by atoms with E-state index in [0.717, 1.165) is 5.56 Å². The van der Waals surface area contributed by atoms with Gasteiger partial charge in [-0.1, -0.05) is 30.3 Å². The Morgan fingerprint density at radius 2 is 1.68 bits per heavy atom. The average Bonchev–Trinajstić information content (AvgIpc) is 2.64. The average molecular weight is 404 g/mol. The van der Waals surface area contributed by atoms with Gasteiger partial charge in [0.15, 0.2) is 0 Å². The van der Waals surface area contributed by atoms with Gasteiger partial charge in [-0.3, -0.25) is 4.79 Å². The molecule has 8 nitrogen and oxygen atoms in total. The molecule has 0 bridgehead atoms. The fourth-order valence-corrected chi connectivity index (χ4v) is 2.66. The van der Waals surface area contributed by atoms with E-state index in [1.54, 1.807) is 24.3 Å². The molecule has 0 heterocycles. The lowest BCUT2D eigenvalue weighted by atomic mass is 10.2. The maximum absolute atomic E-state index is 12.2. The molecule has 9 heteroatoms. The van der Waals surface area contributed by atoms with Gasteiger partial charge in [-0.05, 0) is 35.9 Å². The topological polar surface area (TPSA) is 125 Å². The third kappa shape index (κ3) is 6.86. The third-order valence-electron chi connectivity index (χ3n) is 3.38. The Morgan fingerprint density at radius 3 is 2.25 bits per heavy atom. The van der Waals surface area contributed by atoms with E-state index in [1.807, 2.05) is 6.07 Å². The van der Waals surface area contributed by atoms with E-state index < -0.39 is 21.9 Å². The van der Waals surface area contributed by atoms with E-state index in [1.165, 1.54) is 37.3 Å². The molecule has 28 heavy (non-hydrogen) atoms. The van der Waals surface area contributed by atoms with Crippen molar-refractivity contribution in [3.05, 3.63) is 65.9 Å². The van der Waals surface area contributed by atoms with Crippen LogP contribution in [0.15, 0.2) is 65.2 Å². The van der Waals surface area contributed by atoms with Crippen LogP contribution >= 0.6 is 0 Å². The minimum Gasteiger partial charge on any atom is -0.490 e. The van der Waals surface area contributed by atoms with Crippen molar-refractivity contribution < 1.29 is 27.5 Å². The van der Waals surface area contributed by atoms with Crippen molar-refractivity contribution in [1.29, 1.82) is 0 Å². The molecule has 0 saturated carbocycles. The lowest BCUT2D eigenvalue weighted by molar-refractivity contribution is -0.141. The monoisotopic (exact) mass is 404 g/mol. The number of carbonyl (C=O) groups is 2. The van der Waals surface area contributed by atoms with Crippen LogP contribution in [0.5, 0.6) is 5.75 Å². The first kappa shape index (κ1) is 21.1. The van der Waals surface area contributed by atoms with Crippen molar-refractivity contribution in [3.8, 4) is 5.75 Å². The number of benzene rings is 2. The first-order valence-corrected chi connectivity index (χ1v) is 9.77. The lowest BCUT2D eigenvalue weighted by Gasteiger charge is -2.10. The number of amides is 1. The van der Waals surface area contributed by atoms with E-state index in [2.05, 4.69) is 5.32 Å². The highest BCUT2D eigenvalue weighted by Gasteiger charge is 2.13. The van der Waals surface area contributed by atoms with Crippen LogP contribution in [0.3, 0.4) is 0 Å². The summed E-state index contributed by atoms with van der Waals surface area (Å²) in [4.78, 5) is 23.5. The van der Waals surface area contributed by atoms with Crippen molar-refractivity contribution in [1.82, 2.24) is 5.32 Å². The summed E-state index contributed by atoms with van der Waals surface area (Å²) in [6.45, 7) is 1.26. The van der Waals surface area contributed by atoms with Gasteiger partial charge in [-0.15, -0.1) is 0 Å². The predicted molar refractivity (Wildman–Crippen MR) is 103 cm³/mol. The van der Waals surface area contributed by atoms with Crippen LogP contribution in [-0.4, -0.2) is 33.5 Å². The lowest BCUT2D eigenvalue weighted by Crippen LogP contribution is -2.27. The van der Waals surface area contributed by atoms with Gasteiger partial charge >= 0.3 is 5.97 Å². The molecule has 0 aliphatic carbocycles. The predicted octanol–water partition coefficient (Wildman–Crippen LogP) is 1.43. The number of carbonyl (C=O) groups excluding carboxylic acids is 2. The quantitative estimate of drug-likeness (QED) is 0.390. The Labute approximate surface area is 163 Å². The zero-order valence-electron chi connectivity index (χ0n) is 15.1. The van der Waals surface area contributed by atoms with Crippen molar-refractivity contribution in [2.24, 2.45) is 5.14 Å². The summed E-state index contributed by atoms with van der Waals surface area (Å²) in [7, 11) is -3.77. The Kier molecular flexibility index (Phi) is 7.30. The molecular weight excluding hydrogens is 384 g/mol. The minimum absolute atomic E-state index is 0.0104. The standard InChI is InChI=1S/C19H20N2O6S/c1-14(22)21-18(13-15-5-3-2-4-6-15)19(23)27-12-11-26-16-7-9-17(10-8-16)28(20,24)25/h2-10,13H,11-12H2,1H3,(H,21,22)(H2,20,24,25)/b18-13-. The van der Waals surface area contributed by atoms with Crippen molar-refractivity contribution in [2.45, 2.75) is 11.8 Å². The summed E-state index contributed by atoms with van der Waals surface area (Å²) in [6, 6.07) is 14.5. The molecule has 0 saturated heterocycles. The van der Waals surface area contributed by atoms with E-state index in [0.29, 0.717) is 5.75 Å². The molecule has 0 radical (unpaired) electrons. The molecular formula is C19H20N2O6S. The molecule has 2 aromatic carbocycles. The zero-order valence-corrected chi connectivity index (χ0v) is 15.9. The van der Waals surface area contributed by atoms with Crippen LogP contribution in [0.2, 0.25) is 0 Å². The van der Waals surface area contributed by atoms with Gasteiger partial charge in [-0.25, -0.2) is 18.4 Å². The summed E-state index contributed by atoms with van der Waals surface area (Å²) in [5.74, 6) is -0.706. The molecule has 0 aromatic heterocycles. The Hall–Kier alpha value is -3.17. The third-order valence-corrected chi connectivity index (χ3v) is 4.31. The number of hydrogen-bond donors (Lipinski definition) is 2. The molecule has 0 unspecified atom stereocenters. The number of hydrogen-bond acceptors (Lipinski definition) is 6. The number of nitrogens with one attached hydrogen (secondary N) is 1. The van der Waals surface area contributed by atoms with Gasteiger partial charge in [0.25, 0.3) is 0 Å². The Balaban J connectivity index is 1.90. The molecule has 2 aromatic rings. The molecule has 2 rings (SSSR count). The summed E-state index contributed by atoms with van der Waals surface area (Å²) >= 11 is 0. The smallest absolute Gasteiger partial charge is 0.354 e. The molecule has 0 aliphatic rings.